The van der Waals surface area contributed by atoms with Crippen LogP contribution in [0.25, 0.3) is 0 Å². The molecule has 8 bridgehead atoms. The maximum atomic E-state index is 11.9. The van der Waals surface area contributed by atoms with Crippen molar-refractivity contribution in [2.45, 2.75) is 289 Å². The van der Waals surface area contributed by atoms with E-state index in [1.165, 1.54) is 0 Å². The molecule has 13 fully saturated rings. The fourth-order valence-corrected chi connectivity index (χ4v) is 71.9. The van der Waals surface area contributed by atoms with Crippen molar-refractivity contribution in [1.29, 1.82) is 0 Å². The minimum absolute atomic E-state index is 0.0545. The molecule has 0 aromatic rings. The van der Waals surface area contributed by atoms with Crippen LogP contribution < -0.4 is 0 Å². The van der Waals surface area contributed by atoms with Crippen molar-refractivity contribution < 1.29 is 58.9 Å². The molecule has 7 saturated carbocycles. The lowest BCUT2D eigenvalue weighted by Crippen LogP contribution is -2.90. The van der Waals surface area contributed by atoms with Gasteiger partial charge >= 0.3 is 76.4 Å². The van der Waals surface area contributed by atoms with Crippen LogP contribution in [0.3, 0.4) is 0 Å². The monoisotopic (exact) mass is 1110 g/mol. The highest BCUT2D eigenvalue weighted by atomic mass is 28.6. The normalized spacial score (nSPS) is 43.4. The van der Waals surface area contributed by atoms with Crippen LogP contribution in [-0.2, 0) is 58.9 Å². The minimum atomic E-state index is -3.94. The molecular formula is C48H88O14Si8. The number of ether oxygens (including phenoxy) is 1. The molecule has 13 rings (SSSR count). The number of hydrogen-bond acceptors (Lipinski definition) is 14. The molecule has 0 unspecified atom stereocenters. The van der Waals surface area contributed by atoms with Crippen LogP contribution in [0, 0.1) is 0 Å². The second kappa shape index (κ2) is 21.2. The summed E-state index contributed by atoms with van der Waals surface area (Å²) in [6.45, 7) is 2.33. The Labute approximate surface area is 428 Å². The van der Waals surface area contributed by atoms with Gasteiger partial charge < -0.3 is 54.1 Å². The third-order valence-electron chi connectivity index (χ3n) is 19.4. The molecule has 14 nitrogen and oxygen atoms in total. The number of rotatable bonds is 19. The van der Waals surface area contributed by atoms with E-state index >= 15 is 0 Å². The van der Waals surface area contributed by atoms with Gasteiger partial charge in [0, 0.05) is 51.3 Å². The van der Waals surface area contributed by atoms with Crippen LogP contribution in [-0.4, -0.2) is 83.0 Å². The Morgan fingerprint density at radius 1 is 0.329 bits per heavy atom. The third-order valence-corrected chi connectivity index (χ3v) is 59.0. The van der Waals surface area contributed by atoms with Gasteiger partial charge in [0.1, 0.15) is 0 Å². The SMILES string of the molecule is CCOC(=O)CCCCCCCCCC[Si]12O[Si]3(C4CCCC4)O[Si]4(C5CCCC5)O[Si](C5CCCC5)(O1)O[Si]1(C5CCCC5)O[Si](C5CCCC5)(O2)O[Si](C2CCCC2)(O3)O[Si](C2CCCC2)(O4)O1. The van der Waals surface area contributed by atoms with Gasteiger partial charge in [-0.3, -0.25) is 4.79 Å². The second-order valence-electron chi connectivity index (χ2n) is 24.1. The molecule has 0 spiro atoms. The fourth-order valence-electron chi connectivity index (χ4n) is 15.7. The zero-order valence-electron chi connectivity index (χ0n) is 42.8. The van der Waals surface area contributed by atoms with Crippen LogP contribution in [0.15, 0.2) is 0 Å². The highest BCUT2D eigenvalue weighted by Crippen LogP contribution is 2.66. The van der Waals surface area contributed by atoms with Crippen molar-refractivity contribution in [3.63, 3.8) is 0 Å². The van der Waals surface area contributed by atoms with Crippen molar-refractivity contribution in [2.24, 2.45) is 0 Å². The number of esters is 1. The molecule has 0 aromatic carbocycles. The maximum Gasteiger partial charge on any atom is 0.482 e. The van der Waals surface area contributed by atoms with Gasteiger partial charge in [-0.05, 0) is 110 Å². The van der Waals surface area contributed by atoms with Crippen LogP contribution in [0.4, 0.5) is 0 Å². The number of carbonyl (C=O) groups is 1. The molecule has 13 aliphatic rings. The van der Waals surface area contributed by atoms with Crippen molar-refractivity contribution in [3.05, 3.63) is 0 Å². The molecule has 6 aliphatic heterocycles. The maximum absolute atomic E-state index is 11.9. The van der Waals surface area contributed by atoms with E-state index in [1.807, 2.05) is 6.92 Å². The van der Waals surface area contributed by atoms with Crippen molar-refractivity contribution in [2.75, 3.05) is 6.61 Å². The summed E-state index contributed by atoms with van der Waals surface area (Å²) in [5.74, 6) is -0.0751. The van der Waals surface area contributed by atoms with Gasteiger partial charge in [-0.1, -0.05) is 128 Å². The Bertz CT molecular complexity index is 1620. The molecule has 396 valence electrons. The first kappa shape index (κ1) is 51.5. The molecule has 0 radical (unpaired) electrons. The summed E-state index contributed by atoms with van der Waals surface area (Å²) >= 11 is 0. The summed E-state index contributed by atoms with van der Waals surface area (Å²) in [7, 11) is -31.4. The minimum Gasteiger partial charge on any atom is -0.466 e. The third kappa shape index (κ3) is 9.65. The molecule has 0 atom stereocenters. The van der Waals surface area contributed by atoms with E-state index in [0.717, 1.165) is 231 Å². The van der Waals surface area contributed by atoms with Gasteiger partial charge in [-0.2, -0.15) is 0 Å². The Balaban J connectivity index is 1.01. The first-order chi connectivity index (χ1) is 34.2. The van der Waals surface area contributed by atoms with E-state index in [9.17, 15) is 4.79 Å². The van der Waals surface area contributed by atoms with Gasteiger partial charge in [-0.25, -0.2) is 0 Å². The van der Waals surface area contributed by atoms with Crippen molar-refractivity contribution in [3.8, 4) is 0 Å². The Kier molecular flexibility index (Phi) is 15.6. The summed E-state index contributed by atoms with van der Waals surface area (Å²) < 4.78 is 107. The molecule has 6 heterocycles. The zero-order valence-corrected chi connectivity index (χ0v) is 50.8. The van der Waals surface area contributed by atoms with Crippen molar-refractivity contribution in [1.82, 2.24) is 0 Å². The Morgan fingerprint density at radius 2 is 0.543 bits per heavy atom. The van der Waals surface area contributed by atoms with E-state index < -0.39 is 70.4 Å². The van der Waals surface area contributed by atoms with Gasteiger partial charge in [0.25, 0.3) is 0 Å². The van der Waals surface area contributed by atoms with Crippen molar-refractivity contribution >= 4 is 76.4 Å². The topological polar surface area (TPSA) is 137 Å². The first-order valence-electron chi connectivity index (χ1n) is 29.7. The first-order valence-corrected chi connectivity index (χ1v) is 44.3. The quantitative estimate of drug-likeness (QED) is 0.0689. The predicted molar refractivity (Wildman–Crippen MR) is 278 cm³/mol. The lowest BCUT2D eigenvalue weighted by molar-refractivity contribution is -0.143. The molecule has 7 aliphatic carbocycles. The molecule has 6 saturated heterocycles. The highest BCUT2D eigenvalue weighted by Gasteiger charge is 2.88. The summed E-state index contributed by atoms with van der Waals surface area (Å²) in [6, 6.07) is 0.639. The summed E-state index contributed by atoms with van der Waals surface area (Å²) in [5.41, 5.74) is 0.430. The van der Waals surface area contributed by atoms with Crippen LogP contribution >= 0.6 is 0 Å². The molecule has 70 heavy (non-hydrogen) atoms. The molecule has 0 aromatic heterocycles. The van der Waals surface area contributed by atoms with E-state index in [4.69, 9.17) is 54.1 Å². The molecular weight excluding hydrogens is 1030 g/mol. The zero-order chi connectivity index (χ0) is 47.4. The summed E-state index contributed by atoms with van der Waals surface area (Å²) in [5, 5.41) is 0. The van der Waals surface area contributed by atoms with Gasteiger partial charge in [0.05, 0.1) is 6.61 Å². The average molecular weight is 1110 g/mol. The largest absolute Gasteiger partial charge is 0.482 e. The van der Waals surface area contributed by atoms with Crippen LogP contribution in [0.2, 0.25) is 44.8 Å². The highest BCUT2D eigenvalue weighted by molar-refractivity contribution is 7.04. The number of carbonyl (C=O) groups excluding carboxylic acids is 1. The lowest BCUT2D eigenvalue weighted by atomic mass is 10.1. The standard InChI is InChI=1S/C48H88O14Si8/c1-2-50-48(49)39-9-7-5-3-4-6-8-24-40-63-51-64(41-25-10-11-26-41)54-67(44-31-16-17-32-44)56-65(52-63,42-27-12-13-28-42)58-69(46-35-20-21-36-46)59-66(53-63,43-29-14-15-30-43)57-68(55-64,45-33-18-19-34-45)61-70(60-67,62-69)47-37-22-23-38-47/h41-47H,2-40H2,1H3. The molecule has 22 heteroatoms. The Hall–Kier alpha value is 0.725. The van der Waals surface area contributed by atoms with E-state index in [0.29, 0.717) is 19.1 Å². The second-order valence-corrected chi connectivity index (χ2v) is 50.0. The van der Waals surface area contributed by atoms with Crippen LogP contribution in [0.1, 0.15) is 244 Å². The summed E-state index contributed by atoms with van der Waals surface area (Å²) in [6.07, 6.45) is 38.3. The Morgan fingerprint density at radius 3 is 0.786 bits per heavy atom. The van der Waals surface area contributed by atoms with E-state index in [-0.39, 0.29) is 44.8 Å². The van der Waals surface area contributed by atoms with E-state index in [2.05, 4.69) is 0 Å². The number of unbranched alkanes of at least 4 members (excludes halogenated alkanes) is 7. The van der Waals surface area contributed by atoms with Gasteiger partial charge in [0.2, 0.25) is 0 Å². The molecule has 0 amide bonds. The van der Waals surface area contributed by atoms with Gasteiger partial charge in [0.15, 0.2) is 0 Å². The van der Waals surface area contributed by atoms with Gasteiger partial charge in [-0.15, -0.1) is 0 Å². The fraction of sp³-hybridized carbons (Fsp3) is 0.979. The smallest absolute Gasteiger partial charge is 0.466 e. The molecule has 0 N–H and O–H groups in total. The summed E-state index contributed by atoms with van der Waals surface area (Å²) in [4.78, 5) is 11.9. The number of hydrogen-bond donors (Lipinski definition) is 0. The average Bonchev–Trinajstić information content (AvgIpc) is 4.18. The van der Waals surface area contributed by atoms with Crippen LogP contribution in [0.5, 0.6) is 0 Å². The predicted octanol–water partition coefficient (Wildman–Crippen LogP) is 13.4. The lowest BCUT2D eigenvalue weighted by Gasteiger charge is -2.66. The van der Waals surface area contributed by atoms with E-state index in [1.54, 1.807) is 0 Å².